The second-order valence-corrected chi connectivity index (χ2v) is 14.4. The van der Waals surface area contributed by atoms with Crippen LogP contribution < -0.4 is 0 Å². The number of carboxylic acids is 1. The largest absolute Gasteiger partial charge is 0.481 e. The van der Waals surface area contributed by atoms with Crippen LogP contribution in [0, 0.1) is 0 Å². The number of ether oxygens (including phenoxy) is 2. The average molecular weight is 421 g/mol. The molecule has 29 heavy (non-hydrogen) atoms. The van der Waals surface area contributed by atoms with Gasteiger partial charge < -0.3 is 19.0 Å². The summed E-state index contributed by atoms with van der Waals surface area (Å²) >= 11 is 0. The number of carbonyl (C=O) groups is 1. The molecule has 1 fully saturated rings. The summed E-state index contributed by atoms with van der Waals surface area (Å²) in [4.78, 5) is 11.4. The van der Waals surface area contributed by atoms with E-state index in [2.05, 4.69) is 40.4 Å². The summed E-state index contributed by atoms with van der Waals surface area (Å²) in [6.45, 7) is 16.7. The summed E-state index contributed by atoms with van der Waals surface area (Å²) in [6, 6.07) is 9.82. The zero-order chi connectivity index (χ0) is 21.9. The molecular weight excluding hydrogens is 384 g/mol. The van der Waals surface area contributed by atoms with Crippen molar-refractivity contribution in [1.29, 1.82) is 0 Å². The van der Waals surface area contributed by atoms with Crippen molar-refractivity contribution >= 4 is 14.3 Å². The minimum atomic E-state index is -2.08. The van der Waals surface area contributed by atoms with E-state index in [1.807, 2.05) is 37.3 Å². The van der Waals surface area contributed by atoms with Gasteiger partial charge in [-0.05, 0) is 37.9 Å². The summed E-state index contributed by atoms with van der Waals surface area (Å²) in [5.41, 5.74) is 0.373. The van der Waals surface area contributed by atoms with Crippen LogP contribution in [0.1, 0.15) is 58.8 Å². The maximum absolute atomic E-state index is 11.4. The Morgan fingerprint density at radius 3 is 2.48 bits per heavy atom. The average Bonchev–Trinajstić information content (AvgIpc) is 2.96. The lowest BCUT2D eigenvalue weighted by Gasteiger charge is -2.39. The lowest BCUT2D eigenvalue weighted by molar-refractivity contribution is -0.139. The zero-order valence-corrected chi connectivity index (χ0v) is 19.6. The van der Waals surface area contributed by atoms with Gasteiger partial charge in [0, 0.05) is 5.56 Å². The van der Waals surface area contributed by atoms with E-state index in [0.29, 0.717) is 12.8 Å². The molecule has 4 atom stereocenters. The van der Waals surface area contributed by atoms with Crippen LogP contribution in [0.5, 0.6) is 0 Å². The van der Waals surface area contributed by atoms with E-state index in [9.17, 15) is 9.90 Å². The Labute approximate surface area is 176 Å². The fourth-order valence-electron chi connectivity index (χ4n) is 3.32. The molecule has 0 aliphatic carbocycles. The van der Waals surface area contributed by atoms with Gasteiger partial charge in [0.05, 0.1) is 18.1 Å². The Kier molecular flexibility index (Phi) is 7.49. The first-order chi connectivity index (χ1) is 13.4. The molecule has 0 radical (unpaired) electrons. The Hall–Kier alpha value is -1.47. The first-order valence-electron chi connectivity index (χ1n) is 10.3. The number of carboxylic acid groups (broad SMARTS) is 1. The fraction of sp³-hybridized carbons (Fsp3) is 0.609. The molecule has 1 aliphatic rings. The van der Waals surface area contributed by atoms with Crippen LogP contribution >= 0.6 is 0 Å². The summed E-state index contributed by atoms with van der Waals surface area (Å²) in [5.74, 6) is -0.843. The van der Waals surface area contributed by atoms with E-state index < -0.39 is 26.2 Å². The predicted molar refractivity (Wildman–Crippen MR) is 117 cm³/mol. The molecule has 1 N–H and O–H groups in total. The van der Waals surface area contributed by atoms with Gasteiger partial charge in [-0.15, -0.1) is 6.58 Å². The third-order valence-electron chi connectivity index (χ3n) is 6.17. The van der Waals surface area contributed by atoms with Gasteiger partial charge in [-0.25, -0.2) is 0 Å². The number of aliphatic carboxylic acids is 1. The molecule has 0 saturated carbocycles. The van der Waals surface area contributed by atoms with Gasteiger partial charge in [0.25, 0.3) is 0 Å². The molecule has 0 aromatic heterocycles. The van der Waals surface area contributed by atoms with Crippen LogP contribution in [0.2, 0.25) is 18.1 Å². The Morgan fingerprint density at radius 2 is 1.97 bits per heavy atom. The van der Waals surface area contributed by atoms with Crippen molar-refractivity contribution in [3.8, 4) is 0 Å². The molecule has 0 bridgehead atoms. The van der Waals surface area contributed by atoms with Gasteiger partial charge in [0.2, 0.25) is 0 Å². The molecule has 162 valence electrons. The van der Waals surface area contributed by atoms with Crippen LogP contribution in [0.3, 0.4) is 0 Å². The smallest absolute Gasteiger partial charge is 0.305 e. The van der Waals surface area contributed by atoms with E-state index in [0.717, 1.165) is 5.56 Å². The molecule has 6 heteroatoms. The van der Waals surface area contributed by atoms with Crippen molar-refractivity contribution in [2.45, 2.75) is 89.2 Å². The highest BCUT2D eigenvalue weighted by Crippen LogP contribution is 2.43. The molecule has 1 aliphatic heterocycles. The molecule has 1 saturated heterocycles. The first-order valence-corrected chi connectivity index (χ1v) is 13.2. The summed E-state index contributed by atoms with van der Waals surface area (Å²) in [6.07, 6.45) is 1.89. The maximum Gasteiger partial charge on any atom is 0.305 e. The highest BCUT2D eigenvalue weighted by Gasteiger charge is 2.46. The van der Waals surface area contributed by atoms with Crippen molar-refractivity contribution in [1.82, 2.24) is 0 Å². The van der Waals surface area contributed by atoms with Crippen molar-refractivity contribution in [2.24, 2.45) is 0 Å². The normalized spacial score (nSPS) is 26.3. The van der Waals surface area contributed by atoms with Crippen LogP contribution in [0.25, 0.3) is 0 Å². The van der Waals surface area contributed by atoms with E-state index >= 15 is 0 Å². The highest BCUT2D eigenvalue weighted by molar-refractivity contribution is 6.74. The van der Waals surface area contributed by atoms with E-state index in [1.54, 1.807) is 6.08 Å². The van der Waals surface area contributed by atoms with Crippen LogP contribution in [-0.4, -0.2) is 37.2 Å². The third-order valence-corrected chi connectivity index (χ3v) is 10.7. The van der Waals surface area contributed by atoms with Gasteiger partial charge in [-0.3, -0.25) is 4.79 Å². The van der Waals surface area contributed by atoms with Crippen LogP contribution in [0.4, 0.5) is 0 Å². The Bertz CT molecular complexity index is 697. The standard InChI is InChI=1S/C23H36O5Si/c1-8-19-23(5,27-21(26-19)17-12-10-9-11-13-17)15-14-18(16-20(24)25)28-29(6,7)22(2,3)4/h8-13,18-19,21H,1,14-16H2,2-7H3,(H,24,25)/t18-,19+,21-,23-/m1/s1. The van der Waals surface area contributed by atoms with Crippen LogP contribution in [-0.2, 0) is 18.7 Å². The monoisotopic (exact) mass is 420 g/mol. The van der Waals surface area contributed by atoms with E-state index in [4.69, 9.17) is 13.9 Å². The molecule has 2 rings (SSSR count). The second kappa shape index (κ2) is 9.12. The molecule has 0 unspecified atom stereocenters. The van der Waals surface area contributed by atoms with Crippen molar-refractivity contribution in [2.75, 3.05) is 0 Å². The van der Waals surface area contributed by atoms with Crippen LogP contribution in [0.15, 0.2) is 43.0 Å². The number of benzene rings is 1. The van der Waals surface area contributed by atoms with Gasteiger partial charge in [-0.2, -0.15) is 0 Å². The summed E-state index contributed by atoms with van der Waals surface area (Å²) < 4.78 is 18.8. The molecule has 5 nitrogen and oxygen atoms in total. The predicted octanol–water partition coefficient (Wildman–Crippen LogP) is 5.69. The minimum absolute atomic E-state index is 0.00961. The SMILES string of the molecule is C=C[C@@H]1O[C@@H](c2ccccc2)O[C@]1(C)CC[C@H](CC(=O)O)O[Si](C)(C)C(C)(C)C. The molecule has 1 aromatic rings. The van der Waals surface area contributed by atoms with E-state index in [1.165, 1.54) is 0 Å². The van der Waals surface area contributed by atoms with Crippen molar-refractivity contribution in [3.05, 3.63) is 48.6 Å². The van der Waals surface area contributed by atoms with Crippen molar-refractivity contribution in [3.63, 3.8) is 0 Å². The summed E-state index contributed by atoms with van der Waals surface area (Å²) in [5, 5.41) is 9.41. The number of hydrogen-bond acceptors (Lipinski definition) is 4. The van der Waals surface area contributed by atoms with Gasteiger partial charge in [0.15, 0.2) is 14.6 Å². The van der Waals surface area contributed by atoms with Gasteiger partial charge in [-0.1, -0.05) is 57.2 Å². The Balaban J connectivity index is 2.11. The molecule has 1 aromatic carbocycles. The summed E-state index contributed by atoms with van der Waals surface area (Å²) in [7, 11) is -2.08. The number of hydrogen-bond donors (Lipinski definition) is 1. The number of rotatable bonds is 9. The maximum atomic E-state index is 11.4. The van der Waals surface area contributed by atoms with Gasteiger partial charge >= 0.3 is 5.97 Å². The lowest BCUT2D eigenvalue weighted by atomic mass is 9.91. The molecule has 1 heterocycles. The molecule has 0 amide bonds. The molecular formula is C23H36O5Si. The fourth-order valence-corrected chi connectivity index (χ4v) is 4.71. The van der Waals surface area contributed by atoms with Gasteiger partial charge in [0.1, 0.15) is 6.10 Å². The highest BCUT2D eigenvalue weighted by atomic mass is 28.4. The van der Waals surface area contributed by atoms with Crippen molar-refractivity contribution < 1.29 is 23.8 Å². The molecule has 0 spiro atoms. The van der Waals surface area contributed by atoms with E-state index in [-0.39, 0.29) is 23.7 Å². The third kappa shape index (κ3) is 6.01. The lowest BCUT2D eigenvalue weighted by Crippen LogP contribution is -2.45. The minimum Gasteiger partial charge on any atom is -0.481 e. The quantitative estimate of drug-likeness (QED) is 0.411. The second-order valence-electron chi connectivity index (χ2n) is 9.60. The first kappa shape index (κ1) is 23.8. The Morgan fingerprint density at radius 1 is 1.34 bits per heavy atom. The topological polar surface area (TPSA) is 65.0 Å². The zero-order valence-electron chi connectivity index (χ0n) is 18.6.